The molecular formula is C12H18BrN3O. The Bertz CT molecular complexity index is 400. The first-order valence-electron chi connectivity index (χ1n) is 6.38. The SMILES string of the molecule is Cn1nnc(Br)c1C(O)CC1CC2CCC1C2. The summed E-state index contributed by atoms with van der Waals surface area (Å²) < 4.78 is 2.35. The van der Waals surface area contributed by atoms with Crippen LogP contribution in [0.2, 0.25) is 0 Å². The molecule has 4 nitrogen and oxygen atoms in total. The lowest BCUT2D eigenvalue weighted by Crippen LogP contribution is -2.16. The summed E-state index contributed by atoms with van der Waals surface area (Å²) in [5.74, 6) is 2.49. The molecule has 1 aromatic rings. The van der Waals surface area contributed by atoms with E-state index in [4.69, 9.17) is 0 Å². The maximum absolute atomic E-state index is 10.3. The number of aryl methyl sites for hydroxylation is 1. The van der Waals surface area contributed by atoms with Gasteiger partial charge in [-0.05, 0) is 59.4 Å². The number of fused-ring (bicyclic) bond motifs is 2. The van der Waals surface area contributed by atoms with E-state index >= 15 is 0 Å². The van der Waals surface area contributed by atoms with Crippen molar-refractivity contribution in [3.63, 3.8) is 0 Å². The largest absolute Gasteiger partial charge is 0.387 e. The van der Waals surface area contributed by atoms with Crippen LogP contribution < -0.4 is 0 Å². The highest BCUT2D eigenvalue weighted by Crippen LogP contribution is 2.51. The van der Waals surface area contributed by atoms with Crippen LogP contribution in [0.3, 0.4) is 0 Å². The summed E-state index contributed by atoms with van der Waals surface area (Å²) >= 11 is 3.35. The Hall–Kier alpha value is -0.420. The first-order chi connectivity index (χ1) is 8.15. The predicted octanol–water partition coefficient (Wildman–Crippen LogP) is 2.44. The van der Waals surface area contributed by atoms with Crippen LogP contribution in [0.25, 0.3) is 0 Å². The van der Waals surface area contributed by atoms with Crippen LogP contribution in [0.5, 0.6) is 0 Å². The molecule has 1 heterocycles. The first-order valence-corrected chi connectivity index (χ1v) is 7.17. The quantitative estimate of drug-likeness (QED) is 0.933. The van der Waals surface area contributed by atoms with Gasteiger partial charge >= 0.3 is 0 Å². The molecule has 2 aliphatic carbocycles. The second-order valence-corrected chi connectivity index (χ2v) is 6.33. The van der Waals surface area contributed by atoms with Gasteiger partial charge < -0.3 is 5.11 Å². The molecule has 0 radical (unpaired) electrons. The smallest absolute Gasteiger partial charge is 0.154 e. The molecule has 5 heteroatoms. The lowest BCUT2D eigenvalue weighted by Gasteiger charge is -2.24. The number of hydrogen-bond acceptors (Lipinski definition) is 3. The average Bonchev–Trinajstić information content (AvgIpc) is 2.94. The molecule has 17 heavy (non-hydrogen) atoms. The van der Waals surface area contributed by atoms with Gasteiger partial charge in [0, 0.05) is 7.05 Å². The molecule has 3 rings (SSSR count). The highest BCUT2D eigenvalue weighted by atomic mass is 79.9. The summed E-state index contributed by atoms with van der Waals surface area (Å²) in [7, 11) is 1.83. The van der Waals surface area contributed by atoms with Crippen LogP contribution >= 0.6 is 15.9 Å². The number of aromatic nitrogens is 3. The van der Waals surface area contributed by atoms with Crippen LogP contribution in [0.15, 0.2) is 4.60 Å². The van der Waals surface area contributed by atoms with E-state index in [1.807, 2.05) is 7.05 Å². The molecule has 0 amide bonds. The molecule has 1 aromatic heterocycles. The van der Waals surface area contributed by atoms with E-state index in [1.165, 1.54) is 25.7 Å². The summed E-state index contributed by atoms with van der Waals surface area (Å²) in [6.07, 6.45) is 5.91. The summed E-state index contributed by atoms with van der Waals surface area (Å²) in [6.45, 7) is 0. The predicted molar refractivity (Wildman–Crippen MR) is 67.2 cm³/mol. The zero-order chi connectivity index (χ0) is 12.0. The van der Waals surface area contributed by atoms with E-state index in [0.29, 0.717) is 10.5 Å². The van der Waals surface area contributed by atoms with Crippen molar-refractivity contribution in [2.45, 2.75) is 38.2 Å². The fourth-order valence-corrected chi connectivity index (χ4v) is 4.35. The molecule has 2 bridgehead atoms. The molecule has 2 saturated carbocycles. The number of aliphatic hydroxyl groups excluding tert-OH is 1. The molecule has 2 aliphatic rings. The third kappa shape index (κ3) is 2.03. The van der Waals surface area contributed by atoms with Crippen LogP contribution in [0.4, 0.5) is 0 Å². The molecule has 0 aromatic carbocycles. The summed E-state index contributed by atoms with van der Waals surface area (Å²) in [5.41, 5.74) is 0.813. The highest BCUT2D eigenvalue weighted by molar-refractivity contribution is 9.10. The number of aliphatic hydroxyl groups is 1. The van der Waals surface area contributed by atoms with Crippen molar-refractivity contribution in [1.29, 1.82) is 0 Å². The Morgan fingerprint density at radius 2 is 2.29 bits per heavy atom. The maximum atomic E-state index is 10.3. The Morgan fingerprint density at radius 1 is 1.47 bits per heavy atom. The van der Waals surface area contributed by atoms with Gasteiger partial charge in [0.25, 0.3) is 0 Å². The van der Waals surface area contributed by atoms with E-state index < -0.39 is 6.10 Å². The minimum absolute atomic E-state index is 0.436. The third-order valence-corrected chi connectivity index (χ3v) is 5.12. The van der Waals surface area contributed by atoms with Gasteiger partial charge in [-0.1, -0.05) is 11.6 Å². The van der Waals surface area contributed by atoms with Gasteiger partial charge in [0.15, 0.2) is 4.60 Å². The van der Waals surface area contributed by atoms with Crippen molar-refractivity contribution >= 4 is 15.9 Å². The molecule has 1 N–H and O–H groups in total. The van der Waals surface area contributed by atoms with E-state index in [2.05, 4.69) is 26.2 Å². The molecule has 94 valence electrons. The van der Waals surface area contributed by atoms with Crippen LogP contribution in [0, 0.1) is 17.8 Å². The third-order valence-electron chi connectivity index (χ3n) is 4.55. The Morgan fingerprint density at radius 3 is 2.82 bits per heavy atom. The van der Waals surface area contributed by atoms with Gasteiger partial charge in [0.2, 0.25) is 0 Å². The van der Waals surface area contributed by atoms with Gasteiger partial charge in [0.1, 0.15) is 5.69 Å². The van der Waals surface area contributed by atoms with E-state index in [0.717, 1.165) is 24.0 Å². The second kappa shape index (κ2) is 4.35. The summed E-state index contributed by atoms with van der Waals surface area (Å²) in [4.78, 5) is 0. The summed E-state index contributed by atoms with van der Waals surface area (Å²) in [6, 6.07) is 0. The van der Waals surface area contributed by atoms with Crippen molar-refractivity contribution in [1.82, 2.24) is 15.0 Å². The van der Waals surface area contributed by atoms with Crippen LogP contribution in [-0.2, 0) is 7.05 Å². The highest BCUT2D eigenvalue weighted by Gasteiger charge is 2.40. The van der Waals surface area contributed by atoms with Crippen LogP contribution in [-0.4, -0.2) is 20.1 Å². The lowest BCUT2D eigenvalue weighted by atomic mass is 9.84. The molecular weight excluding hydrogens is 282 g/mol. The monoisotopic (exact) mass is 299 g/mol. The van der Waals surface area contributed by atoms with Gasteiger partial charge in [0.05, 0.1) is 6.10 Å². The molecule has 2 fully saturated rings. The van der Waals surface area contributed by atoms with Crippen molar-refractivity contribution in [2.75, 3.05) is 0 Å². The lowest BCUT2D eigenvalue weighted by molar-refractivity contribution is 0.117. The van der Waals surface area contributed by atoms with Crippen molar-refractivity contribution in [2.24, 2.45) is 24.8 Å². The van der Waals surface area contributed by atoms with Gasteiger partial charge in [-0.2, -0.15) is 0 Å². The topological polar surface area (TPSA) is 50.9 Å². The van der Waals surface area contributed by atoms with Crippen LogP contribution in [0.1, 0.15) is 43.9 Å². The van der Waals surface area contributed by atoms with E-state index in [1.54, 1.807) is 4.68 Å². The van der Waals surface area contributed by atoms with E-state index in [9.17, 15) is 5.11 Å². The first kappa shape index (κ1) is 11.7. The number of halogens is 1. The fraction of sp³-hybridized carbons (Fsp3) is 0.833. The van der Waals surface area contributed by atoms with Gasteiger partial charge in [-0.15, -0.1) is 5.10 Å². The minimum Gasteiger partial charge on any atom is -0.387 e. The zero-order valence-electron chi connectivity index (χ0n) is 10.0. The minimum atomic E-state index is -0.436. The Balaban J connectivity index is 1.69. The maximum Gasteiger partial charge on any atom is 0.154 e. The number of hydrogen-bond donors (Lipinski definition) is 1. The van der Waals surface area contributed by atoms with Crippen molar-refractivity contribution < 1.29 is 5.11 Å². The van der Waals surface area contributed by atoms with Gasteiger partial charge in [-0.25, -0.2) is 4.68 Å². The Kier molecular flexibility index (Phi) is 2.99. The molecule has 0 saturated heterocycles. The molecule has 0 aliphatic heterocycles. The molecule has 4 atom stereocenters. The fourth-order valence-electron chi connectivity index (χ4n) is 3.76. The average molecular weight is 300 g/mol. The standard InChI is InChI=1S/C12H18BrN3O/c1-16-11(12(13)14-15-16)10(17)6-9-5-7-2-3-8(9)4-7/h7-10,17H,2-6H2,1H3. The number of nitrogens with zero attached hydrogens (tertiary/aromatic N) is 3. The van der Waals surface area contributed by atoms with Crippen molar-refractivity contribution in [3.8, 4) is 0 Å². The molecule has 4 unspecified atom stereocenters. The van der Waals surface area contributed by atoms with Gasteiger partial charge in [-0.3, -0.25) is 0 Å². The molecule has 0 spiro atoms. The van der Waals surface area contributed by atoms with E-state index in [-0.39, 0.29) is 0 Å². The second-order valence-electron chi connectivity index (χ2n) is 5.58. The van der Waals surface area contributed by atoms with Crippen molar-refractivity contribution in [3.05, 3.63) is 10.3 Å². The zero-order valence-corrected chi connectivity index (χ0v) is 11.6. The number of rotatable bonds is 3. The summed E-state index contributed by atoms with van der Waals surface area (Å²) in [5, 5.41) is 18.2. The Labute approximate surface area is 110 Å². The normalized spacial score (nSPS) is 33.2.